The van der Waals surface area contributed by atoms with Crippen LogP contribution in [-0.2, 0) is 0 Å². The molecule has 0 saturated heterocycles. The first-order valence-electron chi connectivity index (χ1n) is 11.6. The van der Waals surface area contributed by atoms with E-state index in [2.05, 4.69) is 43.0 Å². The molecule has 152 valence electrons. The van der Waals surface area contributed by atoms with Gasteiger partial charge in [-0.2, -0.15) is 0 Å². The minimum absolute atomic E-state index is 0.752. The Morgan fingerprint density at radius 2 is 1.41 bits per heavy atom. The van der Waals surface area contributed by atoms with Gasteiger partial charge in [0.15, 0.2) is 0 Å². The third-order valence-electron chi connectivity index (χ3n) is 7.27. The van der Waals surface area contributed by atoms with Crippen molar-refractivity contribution in [1.82, 2.24) is 0 Å². The fourth-order valence-electron chi connectivity index (χ4n) is 5.56. The summed E-state index contributed by atoms with van der Waals surface area (Å²) in [4.78, 5) is 0. The van der Waals surface area contributed by atoms with E-state index in [0.717, 1.165) is 39.8 Å². The Balaban J connectivity index is 1.34. The summed E-state index contributed by atoms with van der Waals surface area (Å²) < 4.78 is 0. The van der Waals surface area contributed by atoms with E-state index in [4.69, 9.17) is 11.6 Å². The Bertz CT molecular complexity index is 837. The molecule has 1 unspecified atom stereocenters. The van der Waals surface area contributed by atoms with Crippen LogP contribution in [0.5, 0.6) is 0 Å². The van der Waals surface area contributed by atoms with E-state index < -0.39 is 0 Å². The summed E-state index contributed by atoms with van der Waals surface area (Å²) in [5, 5.41) is 0.754. The van der Waals surface area contributed by atoms with Crippen LogP contribution in [0.25, 0.3) is 0 Å². The van der Waals surface area contributed by atoms with Gasteiger partial charge in [0, 0.05) is 16.1 Å². The normalized spacial score (nSPS) is 26.3. The summed E-state index contributed by atoms with van der Waals surface area (Å²) in [6.07, 6.45) is 12.9. The van der Waals surface area contributed by atoms with Gasteiger partial charge in [-0.25, -0.2) is 0 Å². The van der Waals surface area contributed by atoms with Crippen molar-refractivity contribution < 1.29 is 0 Å². The fourth-order valence-corrected chi connectivity index (χ4v) is 5.69. The van der Waals surface area contributed by atoms with Gasteiger partial charge >= 0.3 is 0 Å². The average molecular weight is 405 g/mol. The number of hydrogen-bond donors (Lipinski definition) is 0. The maximum atomic E-state index is 5.94. The molecule has 4 atom stereocenters. The maximum Gasteiger partial charge on any atom is 0.0406 e. The van der Waals surface area contributed by atoms with Crippen LogP contribution < -0.4 is 0 Å². The molecule has 0 heterocycles. The third kappa shape index (κ3) is 5.46. The Labute approximate surface area is 182 Å². The van der Waals surface area contributed by atoms with Gasteiger partial charge in [-0.3, -0.25) is 0 Å². The van der Waals surface area contributed by atoms with Gasteiger partial charge in [-0.05, 0) is 97.7 Å². The third-order valence-corrected chi connectivity index (χ3v) is 7.52. The average Bonchev–Trinajstić information content (AvgIpc) is 2.77. The molecule has 0 spiro atoms. The molecule has 2 aromatic carbocycles. The van der Waals surface area contributed by atoms with Crippen LogP contribution >= 0.6 is 11.6 Å². The maximum absolute atomic E-state index is 5.94. The lowest BCUT2D eigenvalue weighted by Gasteiger charge is -2.42. The Morgan fingerprint density at radius 3 is 2.10 bits per heavy atom. The number of benzene rings is 2. The molecule has 0 nitrogen and oxygen atoms in total. The molecule has 0 aliphatic heterocycles. The second-order valence-electron chi connectivity index (χ2n) is 9.23. The summed E-state index contributed by atoms with van der Waals surface area (Å²) in [5.74, 6) is 10.3. The van der Waals surface area contributed by atoms with Crippen molar-refractivity contribution in [2.75, 3.05) is 0 Å². The Hall–Kier alpha value is -1.71. The first-order chi connectivity index (χ1) is 14.2. The number of unbranched alkanes of at least 4 members (excludes halogenated alkanes) is 1. The predicted octanol–water partition coefficient (Wildman–Crippen LogP) is 8.23. The van der Waals surface area contributed by atoms with Gasteiger partial charge in [-0.1, -0.05) is 68.2 Å². The Kier molecular flexibility index (Phi) is 6.99. The molecule has 0 N–H and O–H groups in total. The van der Waals surface area contributed by atoms with Crippen LogP contribution in [0, 0.1) is 29.6 Å². The number of rotatable bonds is 4. The molecule has 0 bridgehead atoms. The van der Waals surface area contributed by atoms with Crippen molar-refractivity contribution in [2.24, 2.45) is 17.8 Å². The van der Waals surface area contributed by atoms with E-state index in [-0.39, 0.29) is 0 Å². The molecule has 2 aliphatic rings. The van der Waals surface area contributed by atoms with Crippen molar-refractivity contribution in [2.45, 2.75) is 70.6 Å². The molecule has 0 aromatic heterocycles. The number of fused-ring (bicyclic) bond motifs is 1. The van der Waals surface area contributed by atoms with E-state index in [9.17, 15) is 0 Å². The van der Waals surface area contributed by atoms with Gasteiger partial charge in [0.2, 0.25) is 0 Å². The molecular weight excluding hydrogens is 372 g/mol. The van der Waals surface area contributed by atoms with Gasteiger partial charge in [-0.15, -0.1) is 0 Å². The molecule has 2 fully saturated rings. The second-order valence-corrected chi connectivity index (χ2v) is 9.67. The van der Waals surface area contributed by atoms with Crippen LogP contribution in [0.15, 0.2) is 48.5 Å². The van der Waals surface area contributed by atoms with Crippen molar-refractivity contribution in [3.05, 3.63) is 70.2 Å². The monoisotopic (exact) mass is 404 g/mol. The quantitative estimate of drug-likeness (QED) is 0.450. The van der Waals surface area contributed by atoms with Gasteiger partial charge < -0.3 is 0 Å². The first kappa shape index (κ1) is 20.6. The second kappa shape index (κ2) is 9.86. The Morgan fingerprint density at radius 1 is 0.793 bits per heavy atom. The van der Waals surface area contributed by atoms with Crippen molar-refractivity contribution in [3.63, 3.8) is 0 Å². The zero-order valence-electron chi connectivity index (χ0n) is 17.7. The van der Waals surface area contributed by atoms with E-state index in [1.807, 2.05) is 24.3 Å². The lowest BCUT2D eigenvalue weighted by atomic mass is 9.63. The minimum atomic E-state index is 0.752. The molecule has 2 aromatic rings. The standard InChI is InChI=1S/C28H33Cl/c1-2-3-4-23-9-14-27-20-26(16-15-25(27)19-23)24-12-7-21(8-13-24)5-6-22-10-17-28(29)18-11-22/h7-8,10-13,17-18,23,25-27H,2-4,9,14-16,19-20H2,1H3/t23?,25-,26-,27-/m1/s1. The molecule has 0 amide bonds. The molecular formula is C28H33Cl. The minimum Gasteiger partial charge on any atom is -0.0843 e. The first-order valence-corrected chi connectivity index (χ1v) is 12.0. The van der Waals surface area contributed by atoms with Crippen molar-refractivity contribution in [3.8, 4) is 11.8 Å². The smallest absolute Gasteiger partial charge is 0.0406 e. The zero-order chi connectivity index (χ0) is 20.1. The van der Waals surface area contributed by atoms with Crippen LogP contribution in [-0.4, -0.2) is 0 Å². The summed E-state index contributed by atoms with van der Waals surface area (Å²) in [6, 6.07) is 16.8. The molecule has 29 heavy (non-hydrogen) atoms. The van der Waals surface area contributed by atoms with Crippen molar-refractivity contribution >= 4 is 11.6 Å². The SMILES string of the molecule is CCCCC1CC[C@@H]2C[C@H](c3ccc(C#Cc4ccc(Cl)cc4)cc3)CC[C@@H]2C1. The van der Waals surface area contributed by atoms with Crippen LogP contribution in [0.4, 0.5) is 0 Å². The summed E-state index contributed by atoms with van der Waals surface area (Å²) >= 11 is 5.94. The summed E-state index contributed by atoms with van der Waals surface area (Å²) in [7, 11) is 0. The van der Waals surface area contributed by atoms with Crippen LogP contribution in [0.2, 0.25) is 5.02 Å². The van der Waals surface area contributed by atoms with E-state index in [1.165, 1.54) is 63.4 Å². The highest BCUT2D eigenvalue weighted by atomic mass is 35.5. The van der Waals surface area contributed by atoms with Gasteiger partial charge in [0.25, 0.3) is 0 Å². The van der Waals surface area contributed by atoms with Crippen molar-refractivity contribution in [1.29, 1.82) is 0 Å². The molecule has 2 aliphatic carbocycles. The zero-order valence-corrected chi connectivity index (χ0v) is 18.4. The molecule has 0 radical (unpaired) electrons. The molecule has 4 rings (SSSR count). The highest BCUT2D eigenvalue weighted by Crippen LogP contribution is 2.48. The summed E-state index contributed by atoms with van der Waals surface area (Å²) in [6.45, 7) is 2.32. The molecule has 1 heteroatoms. The highest BCUT2D eigenvalue weighted by Gasteiger charge is 2.35. The number of halogens is 1. The lowest BCUT2D eigenvalue weighted by molar-refractivity contribution is 0.113. The van der Waals surface area contributed by atoms with Crippen LogP contribution in [0.1, 0.15) is 87.3 Å². The predicted molar refractivity (Wildman–Crippen MR) is 124 cm³/mol. The van der Waals surface area contributed by atoms with E-state index in [1.54, 1.807) is 0 Å². The van der Waals surface area contributed by atoms with Crippen LogP contribution in [0.3, 0.4) is 0 Å². The van der Waals surface area contributed by atoms with E-state index >= 15 is 0 Å². The lowest BCUT2D eigenvalue weighted by Crippen LogP contribution is -2.30. The van der Waals surface area contributed by atoms with Gasteiger partial charge in [0.1, 0.15) is 0 Å². The summed E-state index contributed by atoms with van der Waals surface area (Å²) in [5.41, 5.74) is 3.62. The largest absolute Gasteiger partial charge is 0.0843 e. The number of hydrogen-bond acceptors (Lipinski definition) is 0. The highest BCUT2D eigenvalue weighted by molar-refractivity contribution is 6.30. The fraction of sp³-hybridized carbons (Fsp3) is 0.500. The molecule has 2 saturated carbocycles. The van der Waals surface area contributed by atoms with Gasteiger partial charge in [0.05, 0.1) is 0 Å². The van der Waals surface area contributed by atoms with E-state index in [0.29, 0.717) is 0 Å². The topological polar surface area (TPSA) is 0 Å².